The molecule has 0 aromatic carbocycles. The molecule has 10 nitrogen and oxygen atoms in total. The summed E-state index contributed by atoms with van der Waals surface area (Å²) in [5, 5.41) is 13.5. The SMILES string of the molecule is CC1CCc2c(sc(NC(=O)COC(=O)Cn3cnnn3)c2C(=O)OC(C)C)C1. The minimum atomic E-state index is -0.647. The molecule has 11 heteroatoms. The molecule has 1 unspecified atom stereocenters. The van der Waals surface area contributed by atoms with Crippen molar-refractivity contribution >= 4 is 34.2 Å². The number of amides is 1. The van der Waals surface area contributed by atoms with Crippen molar-refractivity contribution in [2.24, 2.45) is 5.92 Å². The Morgan fingerprint density at radius 2 is 2.17 bits per heavy atom. The Balaban J connectivity index is 1.68. The molecule has 1 atom stereocenters. The molecule has 3 rings (SSSR count). The highest BCUT2D eigenvalue weighted by atomic mass is 32.1. The molecule has 1 aliphatic rings. The number of carbonyl (C=O) groups is 3. The summed E-state index contributed by atoms with van der Waals surface area (Å²) in [5.74, 6) is -1.10. The molecule has 1 aliphatic carbocycles. The molecule has 2 heterocycles. The minimum Gasteiger partial charge on any atom is -0.459 e. The van der Waals surface area contributed by atoms with E-state index in [1.807, 2.05) is 0 Å². The van der Waals surface area contributed by atoms with Crippen LogP contribution >= 0.6 is 11.3 Å². The first kappa shape index (κ1) is 20.9. The Kier molecular flexibility index (Phi) is 6.57. The number of fused-ring (bicyclic) bond motifs is 1. The van der Waals surface area contributed by atoms with Gasteiger partial charge in [0.2, 0.25) is 0 Å². The van der Waals surface area contributed by atoms with Gasteiger partial charge >= 0.3 is 11.9 Å². The Hall–Kier alpha value is -2.82. The fourth-order valence-corrected chi connectivity index (χ4v) is 4.48. The number of ether oxygens (including phenoxy) is 2. The van der Waals surface area contributed by atoms with E-state index >= 15 is 0 Å². The molecule has 0 spiro atoms. The van der Waals surface area contributed by atoms with Gasteiger partial charge < -0.3 is 14.8 Å². The summed E-state index contributed by atoms with van der Waals surface area (Å²) in [7, 11) is 0. The summed E-state index contributed by atoms with van der Waals surface area (Å²) in [6, 6.07) is 0. The molecule has 2 aromatic rings. The molecule has 0 saturated heterocycles. The van der Waals surface area contributed by atoms with Crippen LogP contribution in [0.2, 0.25) is 0 Å². The zero-order chi connectivity index (χ0) is 21.0. The number of carbonyl (C=O) groups excluding carboxylic acids is 3. The van der Waals surface area contributed by atoms with E-state index in [1.165, 1.54) is 22.3 Å². The van der Waals surface area contributed by atoms with Crippen LogP contribution in [0.3, 0.4) is 0 Å². The lowest BCUT2D eigenvalue weighted by atomic mass is 9.88. The molecule has 1 N–H and O–H groups in total. The van der Waals surface area contributed by atoms with Crippen LogP contribution < -0.4 is 5.32 Å². The van der Waals surface area contributed by atoms with Gasteiger partial charge in [0.25, 0.3) is 5.91 Å². The molecule has 2 aromatic heterocycles. The molecule has 0 fully saturated rings. The van der Waals surface area contributed by atoms with E-state index in [0.29, 0.717) is 16.5 Å². The second-order valence-electron chi connectivity index (χ2n) is 7.23. The number of esters is 2. The number of aromatic nitrogens is 4. The monoisotopic (exact) mass is 421 g/mol. The van der Waals surface area contributed by atoms with Gasteiger partial charge in [-0.3, -0.25) is 9.59 Å². The Morgan fingerprint density at radius 1 is 1.38 bits per heavy atom. The first-order chi connectivity index (χ1) is 13.8. The maximum absolute atomic E-state index is 12.6. The summed E-state index contributed by atoms with van der Waals surface area (Å²) in [6.07, 6.45) is 3.61. The number of tetrazole rings is 1. The van der Waals surface area contributed by atoms with E-state index in [4.69, 9.17) is 9.47 Å². The summed E-state index contributed by atoms with van der Waals surface area (Å²) >= 11 is 1.38. The summed E-state index contributed by atoms with van der Waals surface area (Å²) in [5.41, 5.74) is 1.36. The minimum absolute atomic E-state index is 0.197. The first-order valence-electron chi connectivity index (χ1n) is 9.35. The number of thiophene rings is 1. The van der Waals surface area contributed by atoms with Crippen LogP contribution in [0, 0.1) is 5.92 Å². The van der Waals surface area contributed by atoms with Crippen LogP contribution in [0.1, 0.15) is 48.0 Å². The van der Waals surface area contributed by atoms with Gasteiger partial charge in [0.15, 0.2) is 6.61 Å². The van der Waals surface area contributed by atoms with Gasteiger partial charge in [0, 0.05) is 4.88 Å². The summed E-state index contributed by atoms with van der Waals surface area (Å²) < 4.78 is 11.5. The topological polar surface area (TPSA) is 125 Å². The smallest absolute Gasteiger partial charge is 0.341 e. The lowest BCUT2D eigenvalue weighted by Crippen LogP contribution is -2.24. The number of rotatable bonds is 7. The number of nitrogens with one attached hydrogen (secondary N) is 1. The van der Waals surface area contributed by atoms with Gasteiger partial charge in [-0.25, -0.2) is 9.48 Å². The molecule has 156 valence electrons. The maximum atomic E-state index is 12.6. The zero-order valence-electron chi connectivity index (χ0n) is 16.5. The first-order valence-corrected chi connectivity index (χ1v) is 10.2. The van der Waals surface area contributed by atoms with Crippen LogP contribution in [-0.2, 0) is 38.4 Å². The van der Waals surface area contributed by atoms with E-state index in [2.05, 4.69) is 27.8 Å². The van der Waals surface area contributed by atoms with Crippen molar-refractivity contribution in [1.82, 2.24) is 20.2 Å². The standard InChI is InChI=1S/C18H23N5O5S/c1-10(2)28-18(26)16-12-5-4-11(3)6-13(12)29-17(16)20-14(24)8-27-15(25)7-23-9-19-21-22-23/h9-11H,4-8H2,1-3H3,(H,20,24). The quantitative estimate of drug-likeness (QED) is 0.669. The highest BCUT2D eigenvalue weighted by Crippen LogP contribution is 2.40. The third-order valence-corrected chi connectivity index (χ3v) is 5.53. The maximum Gasteiger partial charge on any atom is 0.341 e. The third-order valence-electron chi connectivity index (χ3n) is 4.36. The van der Waals surface area contributed by atoms with Crippen LogP contribution in [0.15, 0.2) is 6.33 Å². The van der Waals surface area contributed by atoms with Crippen LogP contribution in [-0.4, -0.2) is 50.8 Å². The fraction of sp³-hybridized carbons (Fsp3) is 0.556. The number of anilines is 1. The van der Waals surface area contributed by atoms with Gasteiger partial charge in [-0.2, -0.15) is 0 Å². The van der Waals surface area contributed by atoms with E-state index in [0.717, 1.165) is 29.7 Å². The van der Waals surface area contributed by atoms with Gasteiger partial charge in [0.05, 0.1) is 11.7 Å². The normalized spacial score (nSPS) is 15.7. The average Bonchev–Trinajstić information content (AvgIpc) is 3.26. The van der Waals surface area contributed by atoms with Crippen molar-refractivity contribution in [3.8, 4) is 0 Å². The zero-order valence-corrected chi connectivity index (χ0v) is 17.3. The summed E-state index contributed by atoms with van der Waals surface area (Å²) in [4.78, 5) is 37.8. The predicted octanol–water partition coefficient (Wildman–Crippen LogP) is 1.61. The lowest BCUT2D eigenvalue weighted by Gasteiger charge is -2.18. The van der Waals surface area contributed by atoms with Crippen molar-refractivity contribution < 1.29 is 23.9 Å². The molecule has 0 bridgehead atoms. The molecular formula is C18H23N5O5S. The van der Waals surface area contributed by atoms with Gasteiger partial charge in [-0.1, -0.05) is 6.92 Å². The molecule has 1 amide bonds. The summed E-state index contributed by atoms with van der Waals surface area (Å²) in [6.45, 7) is 5.05. The molecule has 0 saturated carbocycles. The van der Waals surface area contributed by atoms with Crippen LogP contribution in [0.5, 0.6) is 0 Å². The predicted molar refractivity (Wildman–Crippen MR) is 103 cm³/mol. The molecular weight excluding hydrogens is 398 g/mol. The second kappa shape index (κ2) is 9.12. The lowest BCUT2D eigenvalue weighted by molar-refractivity contribution is -0.148. The van der Waals surface area contributed by atoms with E-state index in [-0.39, 0.29) is 12.6 Å². The number of hydrogen-bond acceptors (Lipinski definition) is 9. The van der Waals surface area contributed by atoms with Crippen molar-refractivity contribution in [2.75, 3.05) is 11.9 Å². The van der Waals surface area contributed by atoms with E-state index < -0.39 is 24.5 Å². The Morgan fingerprint density at radius 3 is 2.86 bits per heavy atom. The van der Waals surface area contributed by atoms with Crippen molar-refractivity contribution in [3.63, 3.8) is 0 Å². The Bertz CT molecular complexity index is 893. The number of nitrogens with zero attached hydrogens (tertiary/aromatic N) is 4. The third kappa shape index (κ3) is 5.37. The van der Waals surface area contributed by atoms with Gasteiger partial charge in [-0.15, -0.1) is 16.4 Å². The number of hydrogen-bond donors (Lipinski definition) is 1. The Labute approximate surface area is 171 Å². The van der Waals surface area contributed by atoms with E-state index in [9.17, 15) is 14.4 Å². The van der Waals surface area contributed by atoms with Crippen LogP contribution in [0.4, 0.5) is 5.00 Å². The highest BCUT2D eigenvalue weighted by Gasteiger charge is 2.29. The van der Waals surface area contributed by atoms with Crippen molar-refractivity contribution in [2.45, 2.75) is 52.7 Å². The largest absolute Gasteiger partial charge is 0.459 e. The van der Waals surface area contributed by atoms with Gasteiger partial charge in [0.1, 0.15) is 17.9 Å². The fourth-order valence-electron chi connectivity index (χ4n) is 3.07. The molecule has 0 radical (unpaired) electrons. The van der Waals surface area contributed by atoms with Crippen molar-refractivity contribution in [1.29, 1.82) is 0 Å². The molecule has 29 heavy (non-hydrogen) atoms. The van der Waals surface area contributed by atoms with Crippen molar-refractivity contribution in [3.05, 3.63) is 22.3 Å². The van der Waals surface area contributed by atoms with E-state index in [1.54, 1.807) is 13.8 Å². The average molecular weight is 421 g/mol. The van der Waals surface area contributed by atoms with Crippen LogP contribution in [0.25, 0.3) is 0 Å². The van der Waals surface area contributed by atoms with Gasteiger partial charge in [-0.05, 0) is 55.0 Å². The second-order valence-corrected chi connectivity index (χ2v) is 8.33. The highest BCUT2D eigenvalue weighted by molar-refractivity contribution is 7.17. The molecule has 0 aliphatic heterocycles.